The number of anilines is 1. The van der Waals surface area contributed by atoms with E-state index < -0.39 is 22.0 Å². The molecule has 0 aliphatic heterocycles. The van der Waals surface area contributed by atoms with E-state index in [4.69, 9.17) is 11.6 Å². The van der Waals surface area contributed by atoms with Gasteiger partial charge in [-0.05, 0) is 48.7 Å². The van der Waals surface area contributed by atoms with Crippen molar-refractivity contribution in [2.24, 2.45) is 0 Å². The normalized spacial score (nSPS) is 12.4. The van der Waals surface area contributed by atoms with Gasteiger partial charge in [0, 0.05) is 22.3 Å². The van der Waals surface area contributed by atoms with Crippen LogP contribution < -0.4 is 10.0 Å². The van der Waals surface area contributed by atoms with Gasteiger partial charge < -0.3 is 5.32 Å². The molecule has 0 saturated carbocycles. The third kappa shape index (κ3) is 5.22. The van der Waals surface area contributed by atoms with Crippen LogP contribution in [0.15, 0.2) is 90.0 Å². The van der Waals surface area contributed by atoms with Crippen molar-refractivity contribution in [3.8, 4) is 0 Å². The number of hydrogen-bond acceptors (Lipinski definition) is 4. The molecule has 168 valence electrons. The summed E-state index contributed by atoms with van der Waals surface area (Å²) in [5.74, 6) is -0.485. The number of nitrogens with one attached hydrogen (secondary N) is 2. The lowest BCUT2D eigenvalue weighted by Crippen LogP contribution is -2.45. The van der Waals surface area contributed by atoms with Crippen molar-refractivity contribution in [2.45, 2.75) is 24.3 Å². The highest BCUT2D eigenvalue weighted by Gasteiger charge is 2.28. The molecule has 2 N–H and O–H groups in total. The molecule has 8 heteroatoms. The fourth-order valence-electron chi connectivity index (χ4n) is 3.54. The van der Waals surface area contributed by atoms with Gasteiger partial charge in [-0.1, -0.05) is 66.2 Å². The average molecular weight is 480 g/mol. The minimum absolute atomic E-state index is 0.0189. The molecule has 4 rings (SSSR count). The Hall–Kier alpha value is -3.26. The Balaban J connectivity index is 1.68. The standard InChI is InChI=1S/C25H22ClN3O3S/c1-17-20(26)12-6-13-21(17)28-25(30)22(16-18-8-3-2-4-9-18)29-33(31,32)23-14-5-10-19-11-7-15-27-24(19)23/h2-15,22,29H,16H2,1H3,(H,28,30)/t22-/m1/s1. The van der Waals surface area contributed by atoms with E-state index in [1.54, 1.807) is 49.4 Å². The number of carbonyl (C=O) groups excluding carboxylic acids is 1. The molecule has 0 spiro atoms. The lowest BCUT2D eigenvalue weighted by molar-refractivity contribution is -0.117. The van der Waals surface area contributed by atoms with E-state index in [1.165, 1.54) is 12.3 Å². The Bertz CT molecular complexity index is 1400. The van der Waals surface area contributed by atoms with E-state index in [9.17, 15) is 13.2 Å². The van der Waals surface area contributed by atoms with Gasteiger partial charge in [-0.15, -0.1) is 0 Å². The van der Waals surface area contributed by atoms with Gasteiger partial charge in [0.25, 0.3) is 0 Å². The number of carbonyl (C=O) groups is 1. The number of halogens is 1. The summed E-state index contributed by atoms with van der Waals surface area (Å²) in [6, 6.07) is 21.8. The number of para-hydroxylation sites is 1. The van der Waals surface area contributed by atoms with Crippen molar-refractivity contribution in [3.63, 3.8) is 0 Å². The van der Waals surface area contributed by atoms with E-state index >= 15 is 0 Å². The second-order valence-electron chi connectivity index (χ2n) is 7.60. The Kier molecular flexibility index (Phi) is 6.74. The van der Waals surface area contributed by atoms with Gasteiger partial charge in [-0.25, -0.2) is 8.42 Å². The lowest BCUT2D eigenvalue weighted by Gasteiger charge is -2.20. The second kappa shape index (κ2) is 9.70. The summed E-state index contributed by atoms with van der Waals surface area (Å²) >= 11 is 6.18. The lowest BCUT2D eigenvalue weighted by atomic mass is 10.1. The van der Waals surface area contributed by atoms with Crippen molar-refractivity contribution in [1.29, 1.82) is 0 Å². The van der Waals surface area contributed by atoms with E-state index in [0.29, 0.717) is 27.2 Å². The average Bonchev–Trinajstić information content (AvgIpc) is 2.81. The van der Waals surface area contributed by atoms with Gasteiger partial charge in [0.05, 0.1) is 5.52 Å². The highest BCUT2D eigenvalue weighted by Crippen LogP contribution is 2.24. The van der Waals surface area contributed by atoms with Gasteiger partial charge >= 0.3 is 0 Å². The topological polar surface area (TPSA) is 88.2 Å². The molecule has 0 aliphatic rings. The van der Waals surface area contributed by atoms with Crippen molar-refractivity contribution in [2.75, 3.05) is 5.32 Å². The van der Waals surface area contributed by atoms with Crippen LogP contribution in [0.5, 0.6) is 0 Å². The largest absolute Gasteiger partial charge is 0.324 e. The maximum Gasteiger partial charge on any atom is 0.243 e. The Morgan fingerprint density at radius 3 is 2.48 bits per heavy atom. The smallest absolute Gasteiger partial charge is 0.243 e. The molecule has 1 atom stereocenters. The molecule has 0 unspecified atom stereocenters. The SMILES string of the molecule is Cc1c(Cl)cccc1NC(=O)[C@@H](Cc1ccccc1)NS(=O)(=O)c1cccc2cccnc12. The molecular formula is C25H22ClN3O3S. The van der Waals surface area contributed by atoms with Crippen LogP contribution in [-0.2, 0) is 21.2 Å². The predicted molar refractivity (Wildman–Crippen MR) is 131 cm³/mol. The van der Waals surface area contributed by atoms with E-state index in [0.717, 1.165) is 5.56 Å². The molecule has 1 heterocycles. The van der Waals surface area contributed by atoms with Gasteiger partial charge in [0.2, 0.25) is 15.9 Å². The van der Waals surface area contributed by atoms with Crippen molar-refractivity contribution < 1.29 is 13.2 Å². The summed E-state index contributed by atoms with van der Waals surface area (Å²) in [4.78, 5) is 17.5. The summed E-state index contributed by atoms with van der Waals surface area (Å²) in [7, 11) is -4.06. The number of nitrogens with zero attached hydrogens (tertiary/aromatic N) is 1. The van der Waals surface area contributed by atoms with Crippen LogP contribution in [0.25, 0.3) is 10.9 Å². The van der Waals surface area contributed by atoms with Crippen LogP contribution in [-0.4, -0.2) is 25.4 Å². The first-order chi connectivity index (χ1) is 15.8. The zero-order chi connectivity index (χ0) is 23.4. The fourth-order valence-corrected chi connectivity index (χ4v) is 5.09. The van der Waals surface area contributed by atoms with Crippen LogP contribution in [0.4, 0.5) is 5.69 Å². The molecule has 3 aromatic carbocycles. The van der Waals surface area contributed by atoms with Crippen LogP contribution in [0.2, 0.25) is 5.02 Å². The molecule has 1 aromatic heterocycles. The first kappa shape index (κ1) is 22.9. The molecule has 0 bridgehead atoms. The molecule has 6 nitrogen and oxygen atoms in total. The van der Waals surface area contributed by atoms with Gasteiger partial charge in [-0.3, -0.25) is 9.78 Å². The van der Waals surface area contributed by atoms with Crippen LogP contribution >= 0.6 is 11.6 Å². The summed E-state index contributed by atoms with van der Waals surface area (Å²) < 4.78 is 29.3. The number of amides is 1. The van der Waals surface area contributed by atoms with Crippen molar-refractivity contribution >= 4 is 44.1 Å². The molecular weight excluding hydrogens is 458 g/mol. The first-order valence-corrected chi connectivity index (χ1v) is 12.2. The summed E-state index contributed by atoms with van der Waals surface area (Å²) in [5.41, 5.74) is 2.39. The Morgan fingerprint density at radius 1 is 0.970 bits per heavy atom. The fraction of sp³-hybridized carbons (Fsp3) is 0.120. The summed E-state index contributed by atoms with van der Waals surface area (Å²) in [5, 5.41) is 4.02. The van der Waals surface area contributed by atoms with Gasteiger partial charge in [-0.2, -0.15) is 4.72 Å². The zero-order valence-corrected chi connectivity index (χ0v) is 19.4. The van der Waals surface area contributed by atoms with Crippen LogP contribution in [0, 0.1) is 6.92 Å². The highest BCUT2D eigenvalue weighted by atomic mass is 35.5. The number of rotatable bonds is 7. The Morgan fingerprint density at radius 2 is 1.70 bits per heavy atom. The second-order valence-corrected chi connectivity index (χ2v) is 9.69. The maximum absolute atomic E-state index is 13.4. The van der Waals surface area contributed by atoms with Crippen LogP contribution in [0.3, 0.4) is 0 Å². The molecule has 0 saturated heterocycles. The molecule has 4 aromatic rings. The monoisotopic (exact) mass is 479 g/mol. The number of aromatic nitrogens is 1. The van der Waals surface area contributed by atoms with E-state index in [-0.39, 0.29) is 11.3 Å². The van der Waals surface area contributed by atoms with Crippen molar-refractivity contribution in [1.82, 2.24) is 9.71 Å². The number of sulfonamides is 1. The van der Waals surface area contributed by atoms with E-state index in [2.05, 4.69) is 15.0 Å². The molecule has 0 radical (unpaired) electrons. The number of benzene rings is 3. The predicted octanol–water partition coefficient (Wildman–Crippen LogP) is 4.72. The minimum atomic E-state index is -4.06. The Labute approximate surface area is 197 Å². The molecule has 0 aliphatic carbocycles. The number of fused-ring (bicyclic) bond motifs is 1. The summed E-state index contributed by atoms with van der Waals surface area (Å²) in [6.07, 6.45) is 1.71. The maximum atomic E-state index is 13.4. The minimum Gasteiger partial charge on any atom is -0.324 e. The van der Waals surface area contributed by atoms with Gasteiger partial charge in [0.15, 0.2) is 0 Å². The van der Waals surface area contributed by atoms with Crippen molar-refractivity contribution in [3.05, 3.63) is 101 Å². The number of hydrogen-bond donors (Lipinski definition) is 2. The summed E-state index contributed by atoms with van der Waals surface area (Å²) in [6.45, 7) is 1.79. The third-order valence-corrected chi connectivity index (χ3v) is 7.22. The molecule has 1 amide bonds. The number of pyridine rings is 1. The zero-order valence-electron chi connectivity index (χ0n) is 17.8. The quantitative estimate of drug-likeness (QED) is 0.401. The highest BCUT2D eigenvalue weighted by molar-refractivity contribution is 7.89. The molecule has 33 heavy (non-hydrogen) atoms. The van der Waals surface area contributed by atoms with E-state index in [1.807, 2.05) is 30.3 Å². The first-order valence-electron chi connectivity index (χ1n) is 10.3. The third-order valence-electron chi connectivity index (χ3n) is 5.31. The van der Waals surface area contributed by atoms with Gasteiger partial charge in [0.1, 0.15) is 10.9 Å². The molecule has 0 fully saturated rings. The van der Waals surface area contributed by atoms with Crippen LogP contribution in [0.1, 0.15) is 11.1 Å².